The molecule has 0 aromatic carbocycles. The fourth-order valence-corrected chi connectivity index (χ4v) is 2.53. The molecule has 0 aliphatic rings. The minimum atomic E-state index is -0.145. The minimum Gasteiger partial charge on any atom is -0.257 e. The van der Waals surface area contributed by atoms with Gasteiger partial charge in [0.25, 0.3) is 0 Å². The lowest BCUT2D eigenvalue weighted by molar-refractivity contribution is 0.643. The quantitative estimate of drug-likeness (QED) is 0.613. The molecule has 0 aliphatic heterocycles. The number of nitrogens with zero attached hydrogens (tertiary/aromatic N) is 1. The second-order valence-corrected chi connectivity index (χ2v) is 4.08. The van der Waals surface area contributed by atoms with Gasteiger partial charge in [-0.25, -0.2) is 4.39 Å². The highest BCUT2D eigenvalue weighted by molar-refractivity contribution is 7.17. The molecule has 0 fully saturated rings. The number of halogens is 1. The van der Waals surface area contributed by atoms with Crippen molar-refractivity contribution < 1.29 is 4.39 Å². The van der Waals surface area contributed by atoms with Crippen molar-refractivity contribution in [1.82, 2.24) is 4.98 Å². The van der Waals surface area contributed by atoms with E-state index in [4.69, 9.17) is 0 Å². The molecule has 0 saturated carbocycles. The molecule has 2 aromatic heterocycles. The van der Waals surface area contributed by atoms with E-state index in [1.807, 2.05) is 48.5 Å². The average Bonchev–Trinajstić information content (AvgIpc) is 2.74. The molecule has 3 heteroatoms. The van der Waals surface area contributed by atoms with Crippen molar-refractivity contribution in [2.24, 2.45) is 0 Å². The summed E-state index contributed by atoms with van der Waals surface area (Å²) < 4.78 is 14.3. The molecule has 0 unspecified atom stereocenters. The van der Waals surface area contributed by atoms with Gasteiger partial charge < -0.3 is 0 Å². The number of thiophene rings is 1. The summed E-state index contributed by atoms with van der Waals surface area (Å²) in [4.78, 5) is 4.30. The summed E-state index contributed by atoms with van der Waals surface area (Å²) in [6.45, 7) is 13.8. The molecule has 96 valence electrons. The number of aromatic nitrogens is 1. The van der Waals surface area contributed by atoms with Crippen LogP contribution in [0.1, 0.15) is 44.6 Å². The van der Waals surface area contributed by atoms with Crippen LogP contribution < -0.4 is 0 Å². The van der Waals surface area contributed by atoms with Gasteiger partial charge in [0.05, 0.1) is 0 Å². The zero-order valence-electron chi connectivity index (χ0n) is 11.8. The second kappa shape index (κ2) is 7.38. The van der Waals surface area contributed by atoms with Gasteiger partial charge in [-0.15, -0.1) is 11.3 Å². The fraction of sp³-hybridized carbons (Fsp3) is 0.500. The topological polar surface area (TPSA) is 12.9 Å². The van der Waals surface area contributed by atoms with Gasteiger partial charge in [0.2, 0.25) is 0 Å². The Morgan fingerprint density at radius 2 is 1.53 bits per heavy atom. The van der Waals surface area contributed by atoms with Crippen molar-refractivity contribution in [1.29, 1.82) is 0 Å². The van der Waals surface area contributed by atoms with Crippen LogP contribution >= 0.6 is 11.3 Å². The van der Waals surface area contributed by atoms with Crippen LogP contribution in [0, 0.1) is 26.6 Å². The van der Waals surface area contributed by atoms with E-state index in [0.717, 1.165) is 21.7 Å². The van der Waals surface area contributed by atoms with E-state index in [0.29, 0.717) is 5.39 Å². The Labute approximate surface area is 108 Å². The minimum absolute atomic E-state index is 0.145. The lowest BCUT2D eigenvalue weighted by Gasteiger charge is -2.03. The molecular weight excluding hydrogens is 233 g/mol. The van der Waals surface area contributed by atoms with E-state index >= 15 is 0 Å². The first-order valence-corrected chi connectivity index (χ1v) is 6.99. The first-order valence-electron chi connectivity index (χ1n) is 6.11. The molecule has 1 nitrogen and oxygen atoms in total. The van der Waals surface area contributed by atoms with E-state index in [1.165, 1.54) is 11.3 Å². The summed E-state index contributed by atoms with van der Waals surface area (Å²) in [7, 11) is 0. The Kier molecular flexibility index (Phi) is 6.97. The van der Waals surface area contributed by atoms with Gasteiger partial charge in [0.1, 0.15) is 5.82 Å². The first-order chi connectivity index (χ1) is 8.11. The monoisotopic (exact) mass is 255 g/mol. The molecule has 17 heavy (non-hydrogen) atoms. The maximum atomic E-state index is 13.3. The molecule has 2 heterocycles. The van der Waals surface area contributed by atoms with Crippen LogP contribution in [0.3, 0.4) is 0 Å². The predicted molar refractivity (Wildman–Crippen MR) is 76.5 cm³/mol. The zero-order chi connectivity index (χ0) is 13.6. The second-order valence-electron chi connectivity index (χ2n) is 3.20. The summed E-state index contributed by atoms with van der Waals surface area (Å²) in [6.07, 6.45) is 0. The van der Waals surface area contributed by atoms with Crippen LogP contribution in [0.4, 0.5) is 4.39 Å². The lowest BCUT2D eigenvalue weighted by Crippen LogP contribution is -1.91. The summed E-state index contributed by atoms with van der Waals surface area (Å²) in [5.41, 5.74) is 2.87. The summed E-state index contributed by atoms with van der Waals surface area (Å²) in [5.74, 6) is -0.145. The Bertz CT molecular complexity index is 475. The molecule has 0 N–H and O–H groups in total. The summed E-state index contributed by atoms with van der Waals surface area (Å²) >= 11 is 1.45. The van der Waals surface area contributed by atoms with Gasteiger partial charge in [-0.2, -0.15) is 0 Å². The Morgan fingerprint density at radius 1 is 1.00 bits per heavy atom. The maximum absolute atomic E-state index is 13.3. The van der Waals surface area contributed by atoms with E-state index in [-0.39, 0.29) is 5.82 Å². The van der Waals surface area contributed by atoms with E-state index in [2.05, 4.69) is 4.98 Å². The third-order valence-electron chi connectivity index (χ3n) is 2.33. The number of hydrogen-bond donors (Lipinski definition) is 0. The predicted octanol–water partition coefficient (Wildman–Crippen LogP) is 5.41. The number of aryl methyl sites for hydroxylation is 3. The van der Waals surface area contributed by atoms with E-state index < -0.39 is 0 Å². The van der Waals surface area contributed by atoms with Gasteiger partial charge in [-0.3, -0.25) is 4.98 Å². The summed E-state index contributed by atoms with van der Waals surface area (Å²) in [6, 6.07) is 0. The molecule has 0 atom stereocenters. The largest absolute Gasteiger partial charge is 0.257 e. The molecule has 0 amide bonds. The van der Waals surface area contributed by atoms with Crippen LogP contribution in [0.25, 0.3) is 10.1 Å². The third kappa shape index (κ3) is 3.25. The van der Waals surface area contributed by atoms with E-state index in [9.17, 15) is 4.39 Å². The molecule has 2 rings (SSSR count). The summed E-state index contributed by atoms with van der Waals surface area (Å²) in [5, 5.41) is 2.24. The van der Waals surface area contributed by atoms with Crippen LogP contribution in [0.15, 0.2) is 5.38 Å². The number of rotatable bonds is 0. The normalized spacial score (nSPS) is 9.18. The van der Waals surface area contributed by atoms with Crippen LogP contribution in [-0.2, 0) is 0 Å². The molecule has 0 saturated heterocycles. The van der Waals surface area contributed by atoms with Crippen LogP contribution in [0.5, 0.6) is 0 Å². The van der Waals surface area contributed by atoms with Crippen molar-refractivity contribution in [3.63, 3.8) is 0 Å². The Balaban J connectivity index is 0.000000581. The number of fused-ring (bicyclic) bond motifs is 1. The lowest BCUT2D eigenvalue weighted by atomic mass is 10.1. The SMILES string of the molecule is CC.CC.Cc1nc(C)c2c(F)csc2c1C. The van der Waals surface area contributed by atoms with Crippen molar-refractivity contribution in [3.8, 4) is 0 Å². The van der Waals surface area contributed by atoms with E-state index in [1.54, 1.807) is 5.38 Å². The van der Waals surface area contributed by atoms with Crippen LogP contribution in [0.2, 0.25) is 0 Å². The standard InChI is InChI=1S/C10H10FNS.2C2H6/c1-5-6(2)12-7(3)9-8(11)4-13-10(5)9;2*1-2/h4H,1-3H3;2*1-2H3. The molecule has 0 radical (unpaired) electrons. The number of pyridine rings is 1. The maximum Gasteiger partial charge on any atom is 0.143 e. The van der Waals surface area contributed by atoms with Crippen molar-refractivity contribution in [2.45, 2.75) is 48.5 Å². The molecule has 0 bridgehead atoms. The molecule has 0 spiro atoms. The van der Waals surface area contributed by atoms with Gasteiger partial charge in [-0.1, -0.05) is 27.7 Å². The number of hydrogen-bond acceptors (Lipinski definition) is 2. The molecule has 2 aromatic rings. The van der Waals surface area contributed by atoms with Gasteiger partial charge in [0, 0.05) is 26.9 Å². The zero-order valence-corrected chi connectivity index (χ0v) is 12.6. The van der Waals surface area contributed by atoms with Crippen molar-refractivity contribution in [3.05, 3.63) is 28.1 Å². The van der Waals surface area contributed by atoms with Gasteiger partial charge in [-0.05, 0) is 26.3 Å². The average molecular weight is 255 g/mol. The van der Waals surface area contributed by atoms with Crippen molar-refractivity contribution >= 4 is 21.4 Å². The smallest absolute Gasteiger partial charge is 0.143 e. The molecule has 0 aliphatic carbocycles. The Hall–Kier alpha value is -0.960. The highest BCUT2D eigenvalue weighted by Gasteiger charge is 2.11. The van der Waals surface area contributed by atoms with Crippen molar-refractivity contribution in [2.75, 3.05) is 0 Å². The first kappa shape index (κ1) is 16.0. The van der Waals surface area contributed by atoms with Crippen LogP contribution in [-0.4, -0.2) is 4.98 Å². The highest BCUT2D eigenvalue weighted by Crippen LogP contribution is 2.30. The van der Waals surface area contributed by atoms with Gasteiger partial charge >= 0.3 is 0 Å². The Morgan fingerprint density at radius 3 is 2.06 bits per heavy atom. The third-order valence-corrected chi connectivity index (χ3v) is 3.40. The fourth-order valence-electron chi connectivity index (χ4n) is 1.51. The molecular formula is C14H22FNS. The van der Waals surface area contributed by atoms with Gasteiger partial charge in [0.15, 0.2) is 0 Å². The highest BCUT2D eigenvalue weighted by atomic mass is 32.1.